The van der Waals surface area contributed by atoms with Gasteiger partial charge in [-0.3, -0.25) is 0 Å². The van der Waals surface area contributed by atoms with Crippen LogP contribution in [0.1, 0.15) is 111 Å². The van der Waals surface area contributed by atoms with Crippen LogP contribution in [0.5, 0.6) is 0 Å². The van der Waals surface area contributed by atoms with E-state index in [4.69, 9.17) is 0 Å². The number of nitrogens with zero attached hydrogens (tertiary/aromatic N) is 1. The monoisotopic (exact) mass is 515 g/mol. The number of alkyl halides is 1. The van der Waals surface area contributed by atoms with Crippen molar-refractivity contribution in [2.45, 2.75) is 129 Å². The van der Waals surface area contributed by atoms with E-state index < -0.39 is 11.8 Å². The molecule has 1 aromatic rings. The van der Waals surface area contributed by atoms with Gasteiger partial charge in [0.2, 0.25) is 0 Å². The molecule has 1 heterocycles. The molecule has 3 N–H and O–H groups in total. The largest absolute Gasteiger partial charge is 0.388 e. The fourth-order valence-corrected chi connectivity index (χ4v) is 10.3. The van der Waals surface area contributed by atoms with Gasteiger partial charge in [0.25, 0.3) is 0 Å². The number of H-pyrrole nitrogens is 1. The van der Waals surface area contributed by atoms with E-state index in [1.165, 1.54) is 44.9 Å². The molecule has 0 spiro atoms. The first-order valence-corrected chi connectivity index (χ1v) is 15.7. The molecule has 0 bridgehead atoms. The fraction of sp³-hybridized carbons (Fsp3) is 0.906. The normalized spacial score (nSPS) is 44.3. The first kappa shape index (κ1) is 27.6. The maximum Gasteiger partial charge on any atom is 0.103 e. The van der Waals surface area contributed by atoms with Crippen LogP contribution in [0.3, 0.4) is 0 Å². The summed E-state index contributed by atoms with van der Waals surface area (Å²) in [5.41, 5.74) is 0.289. The van der Waals surface area contributed by atoms with E-state index in [1.54, 1.807) is 6.33 Å². The van der Waals surface area contributed by atoms with Crippen molar-refractivity contribution in [2.75, 3.05) is 6.54 Å². The zero-order valence-electron chi connectivity index (χ0n) is 24.2. The fourth-order valence-electron chi connectivity index (χ4n) is 10.3. The molecule has 1 aromatic heterocycles. The molecule has 4 nitrogen and oxygen atoms in total. The van der Waals surface area contributed by atoms with Gasteiger partial charge in [0.1, 0.15) is 6.17 Å². The van der Waals surface area contributed by atoms with Gasteiger partial charge >= 0.3 is 0 Å². The number of imidazole rings is 1. The molecule has 0 aliphatic heterocycles. The Bertz CT molecular complexity index is 891. The molecule has 4 aliphatic carbocycles. The van der Waals surface area contributed by atoms with Crippen molar-refractivity contribution in [2.24, 2.45) is 46.3 Å². The number of hydrogen-bond acceptors (Lipinski definition) is 3. The van der Waals surface area contributed by atoms with Crippen LogP contribution < -0.4 is 5.32 Å². The highest BCUT2D eigenvalue weighted by molar-refractivity contribution is 5.19. The lowest BCUT2D eigenvalue weighted by Crippen LogP contribution is -2.71. The maximum absolute atomic E-state index is 14.9. The number of aromatic amines is 1. The molecule has 4 saturated carbocycles. The minimum absolute atomic E-state index is 0.0406. The van der Waals surface area contributed by atoms with Crippen LogP contribution in [-0.2, 0) is 6.42 Å². The van der Waals surface area contributed by atoms with Crippen LogP contribution >= 0.6 is 0 Å². The van der Waals surface area contributed by atoms with Crippen molar-refractivity contribution in [3.05, 3.63) is 18.2 Å². The minimum Gasteiger partial charge on any atom is -0.388 e. The van der Waals surface area contributed by atoms with Crippen molar-refractivity contribution in [1.82, 2.24) is 15.3 Å². The summed E-state index contributed by atoms with van der Waals surface area (Å²) in [7, 11) is 0. The van der Waals surface area contributed by atoms with E-state index in [9.17, 15) is 9.50 Å². The van der Waals surface area contributed by atoms with Gasteiger partial charge in [-0.15, -0.1) is 0 Å². The van der Waals surface area contributed by atoms with Crippen molar-refractivity contribution in [1.29, 1.82) is 0 Å². The van der Waals surface area contributed by atoms with Crippen LogP contribution in [0.25, 0.3) is 0 Å². The summed E-state index contributed by atoms with van der Waals surface area (Å²) in [6.45, 7) is 13.0. The Morgan fingerprint density at radius 3 is 2.65 bits per heavy atom. The number of fused-ring (bicyclic) bond motifs is 5. The first-order chi connectivity index (χ1) is 17.6. The zero-order valence-corrected chi connectivity index (χ0v) is 24.2. The molecule has 37 heavy (non-hydrogen) atoms. The number of rotatable bonds is 9. The van der Waals surface area contributed by atoms with Gasteiger partial charge in [0.15, 0.2) is 0 Å². The van der Waals surface area contributed by atoms with Gasteiger partial charge in [0, 0.05) is 37.0 Å². The van der Waals surface area contributed by atoms with Crippen LogP contribution in [0.4, 0.5) is 4.39 Å². The van der Waals surface area contributed by atoms with Crippen molar-refractivity contribution >= 4 is 0 Å². The Balaban J connectivity index is 1.36. The second kappa shape index (κ2) is 10.6. The smallest absolute Gasteiger partial charge is 0.103 e. The number of hydrogen-bond donors (Lipinski definition) is 3. The summed E-state index contributed by atoms with van der Waals surface area (Å²) in [4.78, 5) is 7.42. The standard InChI is InChI=1S/C32H54FN3O/c1-21(2)7-6-8-22(3)26-9-10-27-25-17-29(35-16-13-24-19-34-20-36-24)32(37)18-23(33)11-15-31(32,5)28(25)12-14-30(26,27)4/h19-23,25-29,35,37H,6-18H2,1-5H3,(H,34,36)/t22?,23-,25+,26-,27+,28+,29-,30-,31-,32+/m1/s1. The molecule has 0 radical (unpaired) electrons. The van der Waals surface area contributed by atoms with Gasteiger partial charge in [-0.05, 0) is 85.9 Å². The second-order valence-electron chi connectivity index (χ2n) is 14.6. The summed E-state index contributed by atoms with van der Waals surface area (Å²) in [6, 6.07) is -0.0406. The van der Waals surface area contributed by atoms with E-state index in [-0.39, 0.29) is 11.5 Å². The lowest BCUT2D eigenvalue weighted by atomic mass is 9.42. The summed E-state index contributed by atoms with van der Waals surface area (Å²) in [5.74, 6) is 4.31. The van der Waals surface area contributed by atoms with E-state index in [0.717, 1.165) is 55.2 Å². The molecule has 5 rings (SSSR count). The van der Waals surface area contributed by atoms with E-state index in [1.807, 2.05) is 6.20 Å². The van der Waals surface area contributed by atoms with Crippen molar-refractivity contribution < 1.29 is 9.50 Å². The molecule has 5 heteroatoms. The number of halogens is 1. The van der Waals surface area contributed by atoms with Crippen LogP contribution in [0.2, 0.25) is 0 Å². The Kier molecular flexibility index (Phi) is 7.88. The molecule has 0 amide bonds. The number of aromatic nitrogens is 2. The van der Waals surface area contributed by atoms with Crippen molar-refractivity contribution in [3.8, 4) is 0 Å². The Morgan fingerprint density at radius 1 is 1.11 bits per heavy atom. The molecular formula is C32H54FN3O. The van der Waals surface area contributed by atoms with Gasteiger partial charge in [0.05, 0.1) is 17.6 Å². The molecule has 4 aliphatic rings. The Labute approximate surface area is 225 Å². The van der Waals surface area contributed by atoms with Gasteiger partial charge < -0.3 is 15.4 Å². The highest BCUT2D eigenvalue weighted by Crippen LogP contribution is 2.69. The minimum atomic E-state index is -0.965. The average Bonchev–Trinajstić information content (AvgIpc) is 3.48. The number of aliphatic hydroxyl groups is 1. The maximum atomic E-state index is 14.9. The van der Waals surface area contributed by atoms with Crippen molar-refractivity contribution in [3.63, 3.8) is 0 Å². The molecule has 4 fully saturated rings. The average molecular weight is 516 g/mol. The summed E-state index contributed by atoms with van der Waals surface area (Å²) < 4.78 is 14.9. The molecule has 1 unspecified atom stereocenters. The molecule has 210 valence electrons. The summed E-state index contributed by atoms with van der Waals surface area (Å²) in [6.07, 6.45) is 15.6. The van der Waals surface area contributed by atoms with E-state index in [2.05, 4.69) is 49.9 Å². The van der Waals surface area contributed by atoms with E-state index in [0.29, 0.717) is 30.1 Å². The second-order valence-corrected chi connectivity index (χ2v) is 14.6. The SMILES string of the molecule is CC(C)CCCC(C)[C@H]1CC[C@H]2[C@@H]3C[C@@H](NCCc4c[nH]cn4)[C@@]4(O)C[C@H](F)CC[C@]4(C)[C@H]3CC[C@]12C. The first-order valence-electron chi connectivity index (χ1n) is 15.7. The highest BCUT2D eigenvalue weighted by atomic mass is 19.1. The van der Waals surface area contributed by atoms with Gasteiger partial charge in [-0.2, -0.15) is 0 Å². The molecular weight excluding hydrogens is 461 g/mol. The summed E-state index contributed by atoms with van der Waals surface area (Å²) in [5, 5.41) is 16.1. The Hall–Kier alpha value is -0.940. The number of nitrogens with one attached hydrogen (secondary N) is 2. The summed E-state index contributed by atoms with van der Waals surface area (Å²) >= 11 is 0. The lowest BCUT2D eigenvalue weighted by molar-refractivity contribution is -0.228. The predicted molar refractivity (Wildman–Crippen MR) is 149 cm³/mol. The lowest BCUT2D eigenvalue weighted by Gasteiger charge is -2.66. The Morgan fingerprint density at radius 2 is 1.92 bits per heavy atom. The third-order valence-corrected chi connectivity index (χ3v) is 12.4. The van der Waals surface area contributed by atoms with Gasteiger partial charge in [-0.1, -0.05) is 53.9 Å². The zero-order chi connectivity index (χ0) is 26.4. The van der Waals surface area contributed by atoms with Gasteiger partial charge in [-0.25, -0.2) is 9.37 Å². The molecule has 10 atom stereocenters. The van der Waals surface area contributed by atoms with E-state index >= 15 is 0 Å². The third-order valence-electron chi connectivity index (χ3n) is 12.4. The molecule has 0 aromatic carbocycles. The van der Waals surface area contributed by atoms with Crippen LogP contribution in [0.15, 0.2) is 12.5 Å². The highest BCUT2D eigenvalue weighted by Gasteiger charge is 2.67. The quantitative estimate of drug-likeness (QED) is 0.329. The third kappa shape index (κ3) is 4.83. The topological polar surface area (TPSA) is 60.9 Å². The van der Waals surface area contributed by atoms with Crippen LogP contribution in [-0.4, -0.2) is 39.4 Å². The van der Waals surface area contributed by atoms with Crippen LogP contribution in [0, 0.1) is 46.3 Å². The molecule has 0 saturated heterocycles. The predicted octanol–water partition coefficient (Wildman–Crippen LogP) is 7.09.